The fourth-order valence-electron chi connectivity index (χ4n) is 2.45. The highest BCUT2D eigenvalue weighted by atomic mass is 16.2. The molecule has 0 radical (unpaired) electrons. The number of aromatic nitrogens is 1. The zero-order valence-corrected chi connectivity index (χ0v) is 10.6. The van der Waals surface area contributed by atoms with E-state index in [9.17, 15) is 4.79 Å². The lowest BCUT2D eigenvalue weighted by Gasteiger charge is -2.20. The number of carbonyl (C=O) groups excluding carboxylic acids is 1. The Morgan fingerprint density at radius 3 is 2.78 bits per heavy atom. The molecule has 0 saturated heterocycles. The predicted molar refractivity (Wildman–Crippen MR) is 67.9 cm³/mol. The molecule has 0 aliphatic heterocycles. The van der Waals surface area contributed by atoms with Gasteiger partial charge in [0.1, 0.15) is 11.8 Å². The summed E-state index contributed by atoms with van der Waals surface area (Å²) in [6, 6.07) is 5.24. The smallest absolute Gasteiger partial charge is 0.272 e. The number of nitrogens with zero attached hydrogens (tertiary/aromatic N) is 3. The Morgan fingerprint density at radius 1 is 1.50 bits per heavy atom. The summed E-state index contributed by atoms with van der Waals surface area (Å²) in [6.45, 7) is 0.806. The average molecular weight is 243 g/mol. The molecule has 0 aromatic carbocycles. The highest BCUT2D eigenvalue weighted by molar-refractivity contribution is 5.92. The molecular formula is C14H17N3O. The zero-order chi connectivity index (χ0) is 13.0. The van der Waals surface area contributed by atoms with E-state index in [0.29, 0.717) is 17.2 Å². The van der Waals surface area contributed by atoms with Gasteiger partial charge in [0.15, 0.2) is 0 Å². The van der Waals surface area contributed by atoms with E-state index in [-0.39, 0.29) is 5.91 Å². The topological polar surface area (TPSA) is 57.0 Å². The molecule has 1 aromatic heterocycles. The second kappa shape index (κ2) is 5.63. The van der Waals surface area contributed by atoms with Crippen LogP contribution in [0.1, 0.15) is 41.7 Å². The van der Waals surface area contributed by atoms with Crippen LogP contribution < -0.4 is 0 Å². The Balaban J connectivity index is 1.98. The van der Waals surface area contributed by atoms with Gasteiger partial charge in [0.05, 0.1) is 5.56 Å². The highest BCUT2D eigenvalue weighted by Gasteiger charge is 2.20. The van der Waals surface area contributed by atoms with Crippen molar-refractivity contribution in [3.05, 3.63) is 29.6 Å². The minimum Gasteiger partial charge on any atom is -0.340 e. The van der Waals surface area contributed by atoms with Crippen molar-refractivity contribution in [1.82, 2.24) is 9.88 Å². The Morgan fingerprint density at radius 2 is 2.22 bits per heavy atom. The second-order valence-electron chi connectivity index (χ2n) is 4.88. The third-order valence-electron chi connectivity index (χ3n) is 3.47. The second-order valence-corrected chi connectivity index (χ2v) is 4.88. The molecule has 0 N–H and O–H groups in total. The quantitative estimate of drug-likeness (QED) is 0.817. The standard InChI is InChI=1S/C14H17N3O/c1-17(10-11-4-2-3-5-11)14(18)13-7-6-12(8-15)9-16-13/h6-7,9,11H,2-5,10H2,1H3. The summed E-state index contributed by atoms with van der Waals surface area (Å²) in [6.07, 6.45) is 6.44. The van der Waals surface area contributed by atoms with Crippen molar-refractivity contribution < 1.29 is 4.79 Å². The molecule has 2 rings (SSSR count). The molecule has 0 bridgehead atoms. The van der Waals surface area contributed by atoms with Gasteiger partial charge in [-0.2, -0.15) is 5.26 Å². The van der Waals surface area contributed by atoms with Crippen molar-refractivity contribution in [1.29, 1.82) is 5.26 Å². The number of nitriles is 1. The van der Waals surface area contributed by atoms with Gasteiger partial charge in [0.25, 0.3) is 5.91 Å². The molecule has 1 aromatic rings. The van der Waals surface area contributed by atoms with E-state index in [1.165, 1.54) is 31.9 Å². The number of hydrogen-bond acceptors (Lipinski definition) is 3. The largest absolute Gasteiger partial charge is 0.340 e. The zero-order valence-electron chi connectivity index (χ0n) is 10.6. The predicted octanol–water partition coefficient (Wildman–Crippen LogP) is 2.22. The van der Waals surface area contributed by atoms with Crippen molar-refractivity contribution in [2.75, 3.05) is 13.6 Å². The van der Waals surface area contributed by atoms with Gasteiger partial charge < -0.3 is 4.90 Å². The molecule has 1 heterocycles. The average Bonchev–Trinajstić information content (AvgIpc) is 2.91. The maximum atomic E-state index is 12.1. The van der Waals surface area contributed by atoms with Gasteiger partial charge in [-0.1, -0.05) is 12.8 Å². The van der Waals surface area contributed by atoms with Gasteiger partial charge >= 0.3 is 0 Å². The van der Waals surface area contributed by atoms with Crippen LogP contribution in [-0.4, -0.2) is 29.4 Å². The number of carbonyl (C=O) groups is 1. The van der Waals surface area contributed by atoms with Crippen molar-refractivity contribution in [2.24, 2.45) is 5.92 Å². The van der Waals surface area contributed by atoms with Crippen molar-refractivity contribution in [3.63, 3.8) is 0 Å². The van der Waals surface area contributed by atoms with Gasteiger partial charge in [0, 0.05) is 19.8 Å². The summed E-state index contributed by atoms with van der Waals surface area (Å²) in [7, 11) is 1.82. The number of pyridine rings is 1. The van der Waals surface area contributed by atoms with Crippen LogP contribution in [0.25, 0.3) is 0 Å². The molecule has 0 spiro atoms. The van der Waals surface area contributed by atoms with Crippen LogP contribution in [0.5, 0.6) is 0 Å². The molecule has 4 nitrogen and oxygen atoms in total. The van der Waals surface area contributed by atoms with E-state index in [2.05, 4.69) is 4.98 Å². The van der Waals surface area contributed by atoms with Crippen LogP contribution >= 0.6 is 0 Å². The SMILES string of the molecule is CN(CC1CCCC1)C(=O)c1ccc(C#N)cn1. The van der Waals surface area contributed by atoms with E-state index in [1.807, 2.05) is 13.1 Å². The van der Waals surface area contributed by atoms with Gasteiger partial charge in [0.2, 0.25) is 0 Å². The lowest BCUT2D eigenvalue weighted by Crippen LogP contribution is -2.31. The molecule has 94 valence electrons. The van der Waals surface area contributed by atoms with E-state index in [4.69, 9.17) is 5.26 Å². The maximum Gasteiger partial charge on any atom is 0.272 e. The lowest BCUT2D eigenvalue weighted by molar-refractivity contribution is 0.0767. The fraction of sp³-hybridized carbons (Fsp3) is 0.500. The Bertz CT molecular complexity index is 455. The van der Waals surface area contributed by atoms with Crippen molar-refractivity contribution in [2.45, 2.75) is 25.7 Å². The molecule has 1 aliphatic carbocycles. The first-order valence-corrected chi connectivity index (χ1v) is 6.32. The van der Waals surface area contributed by atoms with Crippen molar-refractivity contribution in [3.8, 4) is 6.07 Å². The van der Waals surface area contributed by atoms with Crippen LogP contribution in [0.2, 0.25) is 0 Å². The molecule has 4 heteroatoms. The Labute approximate surface area is 107 Å². The first kappa shape index (κ1) is 12.6. The lowest BCUT2D eigenvalue weighted by atomic mass is 10.1. The summed E-state index contributed by atoms with van der Waals surface area (Å²) in [5, 5.41) is 8.68. The fourth-order valence-corrected chi connectivity index (χ4v) is 2.45. The molecule has 1 amide bonds. The van der Waals surface area contributed by atoms with Crippen LogP contribution in [0, 0.1) is 17.2 Å². The molecule has 0 atom stereocenters. The summed E-state index contributed by atoms with van der Waals surface area (Å²) in [4.78, 5) is 17.9. The minimum absolute atomic E-state index is 0.0635. The third-order valence-corrected chi connectivity index (χ3v) is 3.47. The van der Waals surface area contributed by atoms with Gasteiger partial charge in [-0.25, -0.2) is 4.98 Å². The Kier molecular flexibility index (Phi) is 3.93. The third kappa shape index (κ3) is 2.86. The molecule has 1 aliphatic rings. The van der Waals surface area contributed by atoms with Gasteiger partial charge in [-0.15, -0.1) is 0 Å². The van der Waals surface area contributed by atoms with Gasteiger partial charge in [-0.3, -0.25) is 4.79 Å². The van der Waals surface area contributed by atoms with Crippen LogP contribution in [0.4, 0.5) is 0 Å². The van der Waals surface area contributed by atoms with Crippen LogP contribution in [0.3, 0.4) is 0 Å². The normalized spacial score (nSPS) is 15.3. The summed E-state index contributed by atoms with van der Waals surface area (Å²) in [5.41, 5.74) is 0.888. The van der Waals surface area contributed by atoms with Crippen molar-refractivity contribution >= 4 is 5.91 Å². The molecule has 1 saturated carbocycles. The first-order chi connectivity index (χ1) is 8.70. The highest BCUT2D eigenvalue weighted by Crippen LogP contribution is 2.25. The monoisotopic (exact) mass is 243 g/mol. The molecule has 18 heavy (non-hydrogen) atoms. The number of hydrogen-bond donors (Lipinski definition) is 0. The number of amides is 1. The molecule has 0 unspecified atom stereocenters. The van der Waals surface area contributed by atoms with E-state index < -0.39 is 0 Å². The van der Waals surface area contributed by atoms with E-state index >= 15 is 0 Å². The number of rotatable bonds is 3. The summed E-state index contributed by atoms with van der Waals surface area (Å²) < 4.78 is 0. The molecular weight excluding hydrogens is 226 g/mol. The van der Waals surface area contributed by atoms with Crippen LogP contribution in [-0.2, 0) is 0 Å². The molecule has 1 fully saturated rings. The summed E-state index contributed by atoms with van der Waals surface area (Å²) in [5.74, 6) is 0.573. The first-order valence-electron chi connectivity index (χ1n) is 6.32. The van der Waals surface area contributed by atoms with Crippen LogP contribution in [0.15, 0.2) is 18.3 Å². The van der Waals surface area contributed by atoms with E-state index in [0.717, 1.165) is 6.54 Å². The van der Waals surface area contributed by atoms with Gasteiger partial charge in [-0.05, 0) is 30.9 Å². The summed E-state index contributed by atoms with van der Waals surface area (Å²) >= 11 is 0. The maximum absolute atomic E-state index is 12.1. The minimum atomic E-state index is -0.0635. The van der Waals surface area contributed by atoms with E-state index in [1.54, 1.807) is 17.0 Å². The Hall–Kier alpha value is -1.89.